The van der Waals surface area contributed by atoms with Gasteiger partial charge in [-0.2, -0.15) is 0 Å². The zero-order valence-electron chi connectivity index (χ0n) is 12.7. The van der Waals surface area contributed by atoms with Crippen LogP contribution in [-0.4, -0.2) is 37.0 Å². The number of carbonyl (C=O) groups excluding carboxylic acids is 1. The molecule has 1 aliphatic rings. The van der Waals surface area contributed by atoms with Gasteiger partial charge in [-0.3, -0.25) is 4.79 Å². The summed E-state index contributed by atoms with van der Waals surface area (Å²) in [5.41, 5.74) is 0.849. The summed E-state index contributed by atoms with van der Waals surface area (Å²) in [6.45, 7) is 6.46. The molecule has 1 unspecified atom stereocenters. The number of nitrogens with one attached hydrogen (secondary N) is 1. The van der Waals surface area contributed by atoms with E-state index in [-0.39, 0.29) is 5.91 Å². The quantitative estimate of drug-likeness (QED) is 0.646. The van der Waals surface area contributed by atoms with Crippen LogP contribution < -0.4 is 5.32 Å². The maximum Gasteiger partial charge on any atom is 0.242 e. The first-order valence-corrected chi connectivity index (χ1v) is 8.29. The fourth-order valence-corrected chi connectivity index (χ4v) is 2.89. The van der Waals surface area contributed by atoms with Gasteiger partial charge in [0, 0.05) is 6.54 Å². The zero-order valence-corrected chi connectivity index (χ0v) is 13.5. The van der Waals surface area contributed by atoms with E-state index in [0.29, 0.717) is 6.54 Å². The Hall–Kier alpha value is -1.06. The van der Waals surface area contributed by atoms with Gasteiger partial charge in [0.25, 0.3) is 0 Å². The molecule has 1 aromatic rings. The van der Waals surface area contributed by atoms with Crippen LogP contribution in [0.25, 0.3) is 0 Å². The molecule has 1 amide bonds. The molecule has 1 saturated heterocycles. The molecular weight excluding hydrogens is 284 g/mol. The standard InChI is InChI=1S/C17H25ClN2O/c1-14-8-12-20(13-9-14)11-5-10-19-17(21)16(18)15-6-3-2-4-7-15/h2-4,6-7,14,16H,5,8-13H2,1H3,(H,19,21). The number of nitrogens with zero attached hydrogens (tertiary/aromatic N) is 1. The summed E-state index contributed by atoms with van der Waals surface area (Å²) < 4.78 is 0. The molecule has 0 bridgehead atoms. The Kier molecular flexibility index (Phi) is 6.52. The van der Waals surface area contributed by atoms with Crippen molar-refractivity contribution < 1.29 is 4.79 Å². The summed E-state index contributed by atoms with van der Waals surface area (Å²) >= 11 is 6.18. The minimum Gasteiger partial charge on any atom is -0.354 e. The molecular formula is C17H25ClN2O. The molecule has 1 heterocycles. The van der Waals surface area contributed by atoms with Crippen LogP contribution in [0.1, 0.15) is 37.1 Å². The number of amides is 1. The lowest BCUT2D eigenvalue weighted by Gasteiger charge is -2.30. The Morgan fingerprint density at radius 2 is 2.00 bits per heavy atom. The molecule has 0 radical (unpaired) electrons. The molecule has 1 N–H and O–H groups in total. The van der Waals surface area contributed by atoms with E-state index in [4.69, 9.17) is 11.6 Å². The molecule has 4 heteroatoms. The number of hydrogen-bond donors (Lipinski definition) is 1. The number of carbonyl (C=O) groups is 1. The number of benzene rings is 1. The molecule has 0 aliphatic carbocycles. The van der Waals surface area contributed by atoms with Gasteiger partial charge in [-0.25, -0.2) is 0 Å². The smallest absolute Gasteiger partial charge is 0.242 e. The molecule has 0 spiro atoms. The highest BCUT2D eigenvalue weighted by Gasteiger charge is 2.17. The van der Waals surface area contributed by atoms with Gasteiger partial charge in [0.05, 0.1) is 0 Å². The molecule has 1 aliphatic heterocycles. The molecule has 0 saturated carbocycles. The van der Waals surface area contributed by atoms with Crippen LogP contribution in [0.4, 0.5) is 0 Å². The Morgan fingerprint density at radius 1 is 1.33 bits per heavy atom. The molecule has 1 fully saturated rings. The van der Waals surface area contributed by atoms with E-state index in [2.05, 4.69) is 17.1 Å². The first-order valence-electron chi connectivity index (χ1n) is 7.86. The summed E-state index contributed by atoms with van der Waals surface area (Å²) in [5.74, 6) is 0.763. The Balaban J connectivity index is 1.63. The van der Waals surface area contributed by atoms with Crippen molar-refractivity contribution in [2.75, 3.05) is 26.2 Å². The molecule has 0 aromatic heterocycles. The zero-order chi connectivity index (χ0) is 15.1. The number of likely N-dealkylation sites (tertiary alicyclic amines) is 1. The van der Waals surface area contributed by atoms with Gasteiger partial charge < -0.3 is 10.2 Å². The van der Waals surface area contributed by atoms with Gasteiger partial charge in [0.15, 0.2) is 0 Å². The highest BCUT2D eigenvalue weighted by atomic mass is 35.5. The third-order valence-electron chi connectivity index (χ3n) is 4.15. The Morgan fingerprint density at radius 3 is 2.67 bits per heavy atom. The third kappa shape index (κ3) is 5.33. The van der Waals surface area contributed by atoms with Gasteiger partial charge in [-0.05, 0) is 50.4 Å². The number of halogens is 1. The molecule has 116 valence electrons. The van der Waals surface area contributed by atoms with Crippen LogP contribution in [0, 0.1) is 5.92 Å². The predicted octanol–water partition coefficient (Wildman–Crippen LogP) is 3.20. The summed E-state index contributed by atoms with van der Waals surface area (Å²) in [7, 11) is 0. The van der Waals surface area contributed by atoms with Gasteiger partial charge in [-0.15, -0.1) is 11.6 Å². The van der Waals surface area contributed by atoms with Crippen LogP contribution in [0.5, 0.6) is 0 Å². The average Bonchev–Trinajstić information content (AvgIpc) is 2.53. The maximum atomic E-state index is 12.0. The molecule has 1 atom stereocenters. The summed E-state index contributed by atoms with van der Waals surface area (Å²) in [6.07, 6.45) is 3.58. The van der Waals surface area contributed by atoms with E-state index in [9.17, 15) is 4.79 Å². The predicted molar refractivity (Wildman–Crippen MR) is 87.5 cm³/mol. The molecule has 3 nitrogen and oxygen atoms in total. The van der Waals surface area contributed by atoms with E-state index < -0.39 is 5.38 Å². The maximum absolute atomic E-state index is 12.0. The highest BCUT2D eigenvalue weighted by molar-refractivity contribution is 6.30. The lowest BCUT2D eigenvalue weighted by molar-refractivity contribution is -0.120. The van der Waals surface area contributed by atoms with Crippen LogP contribution in [0.3, 0.4) is 0 Å². The number of hydrogen-bond acceptors (Lipinski definition) is 2. The second kappa shape index (κ2) is 8.40. The summed E-state index contributed by atoms with van der Waals surface area (Å²) in [5, 5.41) is 2.34. The fraction of sp³-hybridized carbons (Fsp3) is 0.588. The first kappa shape index (κ1) is 16.3. The van der Waals surface area contributed by atoms with Gasteiger partial charge >= 0.3 is 0 Å². The van der Waals surface area contributed by atoms with Gasteiger partial charge in [0.2, 0.25) is 5.91 Å². The topological polar surface area (TPSA) is 32.3 Å². The molecule has 1 aromatic carbocycles. The van der Waals surface area contributed by atoms with E-state index in [1.165, 1.54) is 25.9 Å². The van der Waals surface area contributed by atoms with E-state index in [1.807, 2.05) is 30.3 Å². The second-order valence-electron chi connectivity index (χ2n) is 5.94. The van der Waals surface area contributed by atoms with Crippen molar-refractivity contribution in [2.45, 2.75) is 31.6 Å². The minimum atomic E-state index is -0.595. The lowest BCUT2D eigenvalue weighted by Crippen LogP contribution is -2.36. The molecule has 2 rings (SSSR count). The second-order valence-corrected chi connectivity index (χ2v) is 6.38. The van der Waals surface area contributed by atoms with Crippen LogP contribution in [0.15, 0.2) is 30.3 Å². The molecule has 21 heavy (non-hydrogen) atoms. The Bertz CT molecular complexity index is 430. The van der Waals surface area contributed by atoms with E-state index in [0.717, 1.165) is 24.4 Å². The number of rotatable bonds is 6. The lowest BCUT2D eigenvalue weighted by atomic mass is 9.99. The van der Waals surface area contributed by atoms with Crippen molar-refractivity contribution in [3.05, 3.63) is 35.9 Å². The highest BCUT2D eigenvalue weighted by Crippen LogP contribution is 2.20. The largest absolute Gasteiger partial charge is 0.354 e. The van der Waals surface area contributed by atoms with Crippen molar-refractivity contribution >= 4 is 17.5 Å². The van der Waals surface area contributed by atoms with Crippen molar-refractivity contribution in [1.29, 1.82) is 0 Å². The van der Waals surface area contributed by atoms with Crippen molar-refractivity contribution in [3.8, 4) is 0 Å². The Labute approximate surface area is 132 Å². The summed E-state index contributed by atoms with van der Waals surface area (Å²) in [4.78, 5) is 14.5. The normalized spacial score (nSPS) is 18.4. The number of piperidine rings is 1. The van der Waals surface area contributed by atoms with Gasteiger partial charge in [-0.1, -0.05) is 37.3 Å². The van der Waals surface area contributed by atoms with Crippen LogP contribution >= 0.6 is 11.6 Å². The van der Waals surface area contributed by atoms with Gasteiger partial charge in [0.1, 0.15) is 5.38 Å². The monoisotopic (exact) mass is 308 g/mol. The first-order chi connectivity index (χ1) is 10.2. The SMILES string of the molecule is CC1CCN(CCCNC(=O)C(Cl)c2ccccc2)CC1. The fourth-order valence-electron chi connectivity index (χ4n) is 2.66. The number of alkyl halides is 1. The van der Waals surface area contributed by atoms with Crippen molar-refractivity contribution in [2.24, 2.45) is 5.92 Å². The van der Waals surface area contributed by atoms with Crippen molar-refractivity contribution in [3.63, 3.8) is 0 Å². The summed E-state index contributed by atoms with van der Waals surface area (Å²) in [6, 6.07) is 9.48. The van der Waals surface area contributed by atoms with E-state index >= 15 is 0 Å². The van der Waals surface area contributed by atoms with Crippen LogP contribution in [0.2, 0.25) is 0 Å². The van der Waals surface area contributed by atoms with E-state index in [1.54, 1.807) is 0 Å². The van der Waals surface area contributed by atoms with Crippen molar-refractivity contribution in [1.82, 2.24) is 10.2 Å². The third-order valence-corrected chi connectivity index (χ3v) is 4.60. The van der Waals surface area contributed by atoms with Crippen LogP contribution in [-0.2, 0) is 4.79 Å². The minimum absolute atomic E-state index is 0.102. The average molecular weight is 309 g/mol.